The lowest BCUT2D eigenvalue weighted by atomic mass is 9.87. The van der Waals surface area contributed by atoms with Crippen molar-refractivity contribution in [3.63, 3.8) is 0 Å². The number of rotatable bonds is 7. The van der Waals surface area contributed by atoms with Gasteiger partial charge in [-0.05, 0) is 29.9 Å². The molecule has 0 aromatic rings. The van der Waals surface area contributed by atoms with Gasteiger partial charge >= 0.3 is 0 Å². The molecule has 0 aromatic heterocycles. The summed E-state index contributed by atoms with van der Waals surface area (Å²) in [5.41, 5.74) is 0.424. The van der Waals surface area contributed by atoms with E-state index in [1.807, 2.05) is 0 Å². The Morgan fingerprint density at radius 2 is 2.00 bits per heavy atom. The Morgan fingerprint density at radius 1 is 1.35 bits per heavy atom. The van der Waals surface area contributed by atoms with Crippen LogP contribution in [-0.4, -0.2) is 30.3 Å². The molecule has 1 rings (SSSR count). The van der Waals surface area contributed by atoms with Gasteiger partial charge in [0.25, 0.3) is 0 Å². The summed E-state index contributed by atoms with van der Waals surface area (Å²) >= 11 is 4.57. The van der Waals surface area contributed by atoms with E-state index in [9.17, 15) is 0 Å². The Morgan fingerprint density at radius 3 is 2.47 bits per heavy atom. The van der Waals surface area contributed by atoms with Crippen LogP contribution < -0.4 is 0 Å². The summed E-state index contributed by atoms with van der Waals surface area (Å²) in [6, 6.07) is 2.27. The number of thiol groups is 1. The third-order valence-corrected chi connectivity index (χ3v) is 4.39. The van der Waals surface area contributed by atoms with E-state index >= 15 is 0 Å². The average Bonchev–Trinajstić information content (AvgIpc) is 2.74. The number of hydrogen-bond acceptors (Lipinski definition) is 3. The highest BCUT2D eigenvalue weighted by atomic mass is 32.1. The summed E-state index contributed by atoms with van der Waals surface area (Å²) in [6.45, 7) is 7.67. The Balaban J connectivity index is 2.53. The molecule has 0 radical (unpaired) electrons. The van der Waals surface area contributed by atoms with Crippen LogP contribution in [0.5, 0.6) is 0 Å². The second kappa shape index (κ2) is 7.28. The first-order valence-electron chi connectivity index (χ1n) is 6.82. The molecule has 0 heterocycles. The van der Waals surface area contributed by atoms with Crippen molar-refractivity contribution in [1.82, 2.24) is 4.90 Å². The van der Waals surface area contributed by atoms with Crippen LogP contribution in [-0.2, 0) is 0 Å². The molecule has 0 atom stereocenters. The fourth-order valence-corrected chi connectivity index (χ4v) is 3.34. The lowest BCUT2D eigenvalue weighted by Gasteiger charge is -2.35. The van der Waals surface area contributed by atoms with E-state index in [-0.39, 0.29) is 0 Å². The van der Waals surface area contributed by atoms with Crippen LogP contribution >= 0.6 is 12.6 Å². The van der Waals surface area contributed by atoms with Gasteiger partial charge in [0.05, 0.1) is 6.07 Å². The maximum atomic E-state index is 8.74. The third kappa shape index (κ3) is 4.89. The maximum absolute atomic E-state index is 8.74. The molecule has 0 amide bonds. The van der Waals surface area contributed by atoms with Gasteiger partial charge in [-0.1, -0.05) is 26.7 Å². The Bertz CT molecular complexity index is 251. The normalized spacial score (nSPS) is 18.8. The number of hydrogen-bond donors (Lipinski definition) is 1. The summed E-state index contributed by atoms with van der Waals surface area (Å²) in [6.07, 6.45) is 5.99. The maximum Gasteiger partial charge on any atom is 0.0635 e. The van der Waals surface area contributed by atoms with Crippen molar-refractivity contribution in [3.05, 3.63) is 0 Å². The highest BCUT2D eigenvalue weighted by Crippen LogP contribution is 2.39. The van der Waals surface area contributed by atoms with E-state index in [1.54, 1.807) is 0 Å². The predicted octanol–water partition coefficient (Wildman–Crippen LogP) is 3.35. The summed E-state index contributed by atoms with van der Waals surface area (Å²) in [4.78, 5) is 2.48. The van der Waals surface area contributed by atoms with E-state index in [0.29, 0.717) is 17.8 Å². The van der Waals surface area contributed by atoms with Gasteiger partial charge in [-0.2, -0.15) is 17.9 Å². The minimum atomic E-state index is 0.424. The summed E-state index contributed by atoms with van der Waals surface area (Å²) < 4.78 is 0. The van der Waals surface area contributed by atoms with E-state index in [2.05, 4.69) is 37.4 Å². The Kier molecular flexibility index (Phi) is 6.37. The summed E-state index contributed by atoms with van der Waals surface area (Å²) in [5.74, 6) is 1.67. The molecule has 0 aliphatic heterocycles. The molecule has 1 aliphatic carbocycles. The molecule has 1 saturated carbocycles. The SMILES string of the molecule is CC(C)CN(CCC#N)CC1(CS)CCCC1. The zero-order valence-corrected chi connectivity index (χ0v) is 12.2. The molecule has 98 valence electrons. The van der Waals surface area contributed by atoms with E-state index in [0.717, 1.165) is 25.4 Å². The van der Waals surface area contributed by atoms with Gasteiger partial charge in [0.15, 0.2) is 0 Å². The van der Waals surface area contributed by atoms with Gasteiger partial charge < -0.3 is 4.90 Å². The number of nitriles is 1. The van der Waals surface area contributed by atoms with E-state index in [4.69, 9.17) is 5.26 Å². The van der Waals surface area contributed by atoms with Crippen molar-refractivity contribution < 1.29 is 0 Å². The van der Waals surface area contributed by atoms with Gasteiger partial charge in [-0.15, -0.1) is 0 Å². The molecule has 0 N–H and O–H groups in total. The Hall–Kier alpha value is -0.200. The second-order valence-corrected chi connectivity index (χ2v) is 6.22. The summed E-state index contributed by atoms with van der Waals surface area (Å²) in [7, 11) is 0. The molecule has 3 heteroatoms. The van der Waals surface area contributed by atoms with E-state index < -0.39 is 0 Å². The molecule has 0 bridgehead atoms. The molecular weight excluding hydrogens is 228 g/mol. The smallest absolute Gasteiger partial charge is 0.0635 e. The molecule has 0 aromatic carbocycles. The lowest BCUT2D eigenvalue weighted by molar-refractivity contribution is 0.159. The van der Waals surface area contributed by atoms with Crippen LogP contribution in [0.2, 0.25) is 0 Å². The molecular formula is C14H26N2S. The van der Waals surface area contributed by atoms with Crippen molar-refractivity contribution in [2.24, 2.45) is 11.3 Å². The van der Waals surface area contributed by atoms with Gasteiger partial charge in [0.2, 0.25) is 0 Å². The molecule has 0 spiro atoms. The minimum absolute atomic E-state index is 0.424. The molecule has 2 nitrogen and oxygen atoms in total. The standard InChI is InChI=1S/C14H26N2S/c1-13(2)10-16(9-5-8-15)11-14(12-17)6-3-4-7-14/h13,17H,3-7,9-12H2,1-2H3. The fourth-order valence-electron chi connectivity index (χ4n) is 2.92. The van der Waals surface area contributed by atoms with Crippen molar-refractivity contribution in [2.75, 3.05) is 25.4 Å². The highest BCUT2D eigenvalue weighted by Gasteiger charge is 2.34. The van der Waals surface area contributed by atoms with Crippen molar-refractivity contribution in [3.8, 4) is 6.07 Å². The van der Waals surface area contributed by atoms with Gasteiger partial charge in [-0.3, -0.25) is 0 Å². The van der Waals surface area contributed by atoms with Gasteiger partial charge in [-0.25, -0.2) is 0 Å². The van der Waals surface area contributed by atoms with Crippen LogP contribution in [0.4, 0.5) is 0 Å². The zero-order chi connectivity index (χ0) is 12.7. The van der Waals surface area contributed by atoms with Crippen molar-refractivity contribution >= 4 is 12.6 Å². The molecule has 1 aliphatic rings. The first-order chi connectivity index (χ1) is 8.12. The van der Waals surface area contributed by atoms with Crippen LogP contribution in [0.25, 0.3) is 0 Å². The lowest BCUT2D eigenvalue weighted by Crippen LogP contribution is -2.39. The molecule has 17 heavy (non-hydrogen) atoms. The molecule has 0 saturated heterocycles. The second-order valence-electron chi connectivity index (χ2n) is 5.90. The summed E-state index contributed by atoms with van der Waals surface area (Å²) in [5, 5.41) is 8.74. The van der Waals surface area contributed by atoms with Crippen molar-refractivity contribution in [2.45, 2.75) is 46.0 Å². The van der Waals surface area contributed by atoms with Crippen LogP contribution in [0.3, 0.4) is 0 Å². The zero-order valence-electron chi connectivity index (χ0n) is 11.3. The van der Waals surface area contributed by atoms with Crippen molar-refractivity contribution in [1.29, 1.82) is 5.26 Å². The fraction of sp³-hybridized carbons (Fsp3) is 0.929. The predicted molar refractivity (Wildman–Crippen MR) is 76.3 cm³/mol. The topological polar surface area (TPSA) is 27.0 Å². The quantitative estimate of drug-likeness (QED) is 0.705. The van der Waals surface area contributed by atoms with Crippen LogP contribution in [0, 0.1) is 22.7 Å². The monoisotopic (exact) mass is 254 g/mol. The minimum Gasteiger partial charge on any atom is -0.301 e. The molecule has 1 fully saturated rings. The first-order valence-corrected chi connectivity index (χ1v) is 7.45. The average molecular weight is 254 g/mol. The van der Waals surface area contributed by atoms with Gasteiger partial charge in [0.1, 0.15) is 0 Å². The first kappa shape index (κ1) is 14.9. The van der Waals surface area contributed by atoms with Gasteiger partial charge in [0, 0.05) is 26.1 Å². The molecule has 0 unspecified atom stereocenters. The Labute approximate surface area is 112 Å². The van der Waals surface area contributed by atoms with Crippen LogP contribution in [0.15, 0.2) is 0 Å². The van der Waals surface area contributed by atoms with Crippen LogP contribution in [0.1, 0.15) is 46.0 Å². The highest BCUT2D eigenvalue weighted by molar-refractivity contribution is 7.80. The van der Waals surface area contributed by atoms with E-state index in [1.165, 1.54) is 25.7 Å². The number of nitrogens with zero attached hydrogens (tertiary/aromatic N) is 2. The largest absolute Gasteiger partial charge is 0.301 e. The third-order valence-electron chi connectivity index (χ3n) is 3.72.